The number of hydrogen-bond acceptors (Lipinski definition) is 1. The van der Waals surface area contributed by atoms with Gasteiger partial charge in [0.2, 0.25) is 0 Å². The van der Waals surface area contributed by atoms with E-state index >= 15 is 0 Å². The summed E-state index contributed by atoms with van der Waals surface area (Å²) in [5.41, 5.74) is 12.1. The van der Waals surface area contributed by atoms with E-state index in [1.165, 1.54) is 32.9 Å². The van der Waals surface area contributed by atoms with Crippen LogP contribution in [0.2, 0.25) is 0 Å². The largest absolute Gasteiger partial charge is 0.309 e. The molecule has 0 N–H and O–H groups in total. The number of rotatable bonds is 4. The van der Waals surface area contributed by atoms with E-state index in [-0.39, 0.29) is 0 Å². The zero-order valence-corrected chi connectivity index (χ0v) is 24.9. The molecule has 3 heteroatoms. The Labute approximate surface area is 266 Å². The van der Waals surface area contributed by atoms with Crippen molar-refractivity contribution in [1.82, 2.24) is 9.13 Å². The van der Waals surface area contributed by atoms with Crippen molar-refractivity contribution in [3.8, 4) is 39.7 Å². The van der Waals surface area contributed by atoms with E-state index in [1.807, 2.05) is 18.2 Å². The molecule has 0 saturated heterocycles. The van der Waals surface area contributed by atoms with Gasteiger partial charge in [-0.15, -0.1) is 0 Å². The lowest BCUT2D eigenvalue weighted by Crippen LogP contribution is -1.94. The van der Waals surface area contributed by atoms with Crippen LogP contribution in [0, 0.1) is 11.3 Å². The quantitative estimate of drug-likeness (QED) is 0.202. The molecule has 0 unspecified atom stereocenters. The fourth-order valence-corrected chi connectivity index (χ4v) is 6.99. The van der Waals surface area contributed by atoms with Gasteiger partial charge in [0.1, 0.15) is 0 Å². The standard InChI is InChI=1S/C43H27N3/c44-28-29-14-24-38-39-27-33(19-25-42(39)46(43(38)26-29)35-20-15-31(16-21-35)30-8-2-1-3-9-30)32-17-22-34(23-18-32)45-40-12-6-4-10-36(40)37-11-5-7-13-41(37)45/h1-27H. The Morgan fingerprint density at radius 2 is 0.826 bits per heavy atom. The van der Waals surface area contributed by atoms with E-state index < -0.39 is 0 Å². The molecule has 7 aromatic carbocycles. The number of aromatic nitrogens is 2. The normalized spacial score (nSPS) is 11.5. The average Bonchev–Trinajstić information content (AvgIpc) is 3.64. The maximum absolute atomic E-state index is 9.74. The third-order valence-corrected chi connectivity index (χ3v) is 9.17. The third kappa shape index (κ3) is 4.05. The molecule has 0 radical (unpaired) electrons. The van der Waals surface area contributed by atoms with E-state index in [0.717, 1.165) is 44.3 Å². The highest BCUT2D eigenvalue weighted by molar-refractivity contribution is 6.11. The predicted molar refractivity (Wildman–Crippen MR) is 191 cm³/mol. The maximum Gasteiger partial charge on any atom is 0.0992 e. The van der Waals surface area contributed by atoms with Gasteiger partial charge in [0, 0.05) is 32.9 Å². The fourth-order valence-electron chi connectivity index (χ4n) is 6.99. The minimum absolute atomic E-state index is 0.651. The summed E-state index contributed by atoms with van der Waals surface area (Å²) in [7, 11) is 0. The van der Waals surface area contributed by atoms with Crippen molar-refractivity contribution in [3.05, 3.63) is 169 Å². The van der Waals surface area contributed by atoms with Crippen LogP contribution in [-0.4, -0.2) is 9.13 Å². The summed E-state index contributed by atoms with van der Waals surface area (Å²) < 4.78 is 4.62. The number of para-hydroxylation sites is 2. The van der Waals surface area contributed by atoms with Gasteiger partial charge in [0.05, 0.1) is 33.7 Å². The maximum atomic E-state index is 9.74. The highest BCUT2D eigenvalue weighted by Gasteiger charge is 2.15. The van der Waals surface area contributed by atoms with Crippen molar-refractivity contribution in [2.24, 2.45) is 0 Å². The van der Waals surface area contributed by atoms with Crippen LogP contribution >= 0.6 is 0 Å². The smallest absolute Gasteiger partial charge is 0.0992 e. The zero-order valence-electron chi connectivity index (χ0n) is 24.9. The van der Waals surface area contributed by atoms with Crippen molar-refractivity contribution in [2.75, 3.05) is 0 Å². The lowest BCUT2D eigenvalue weighted by atomic mass is 10.0. The average molecular weight is 586 g/mol. The Balaban J connectivity index is 1.16. The molecule has 0 spiro atoms. The second kappa shape index (κ2) is 10.4. The second-order valence-electron chi connectivity index (χ2n) is 11.7. The lowest BCUT2D eigenvalue weighted by molar-refractivity contribution is 1.18. The molecule has 214 valence electrons. The summed E-state index contributed by atoms with van der Waals surface area (Å²) in [5.74, 6) is 0. The van der Waals surface area contributed by atoms with Gasteiger partial charge in [-0.1, -0.05) is 103 Å². The van der Waals surface area contributed by atoms with Gasteiger partial charge in [-0.25, -0.2) is 0 Å². The summed E-state index contributed by atoms with van der Waals surface area (Å²) in [6, 6.07) is 60.2. The van der Waals surface area contributed by atoms with Crippen molar-refractivity contribution >= 4 is 43.6 Å². The molecule has 0 bridgehead atoms. The Morgan fingerprint density at radius 1 is 0.348 bits per heavy atom. The highest BCUT2D eigenvalue weighted by atomic mass is 15.0. The van der Waals surface area contributed by atoms with Crippen LogP contribution in [-0.2, 0) is 0 Å². The van der Waals surface area contributed by atoms with E-state index in [2.05, 4.69) is 161 Å². The SMILES string of the molecule is N#Cc1ccc2c3cc(-c4ccc(-n5c6ccccc6c6ccccc65)cc4)ccc3n(-c3ccc(-c4ccccc4)cc3)c2c1. The minimum Gasteiger partial charge on any atom is -0.309 e. The number of nitriles is 1. The summed E-state index contributed by atoms with van der Waals surface area (Å²) in [6.07, 6.45) is 0. The second-order valence-corrected chi connectivity index (χ2v) is 11.7. The number of fused-ring (bicyclic) bond motifs is 6. The molecule has 9 aromatic rings. The molecule has 3 nitrogen and oxygen atoms in total. The highest BCUT2D eigenvalue weighted by Crippen LogP contribution is 2.37. The molecule has 0 aliphatic rings. The van der Waals surface area contributed by atoms with E-state index in [4.69, 9.17) is 0 Å². The van der Waals surface area contributed by atoms with E-state index in [9.17, 15) is 5.26 Å². The molecule has 0 aliphatic heterocycles. The molecule has 46 heavy (non-hydrogen) atoms. The van der Waals surface area contributed by atoms with Crippen LogP contribution in [0.3, 0.4) is 0 Å². The molecule has 2 heterocycles. The van der Waals surface area contributed by atoms with Gasteiger partial charge < -0.3 is 9.13 Å². The summed E-state index contributed by atoms with van der Waals surface area (Å²) in [4.78, 5) is 0. The monoisotopic (exact) mass is 585 g/mol. The molecule has 0 amide bonds. The Morgan fingerprint density at radius 3 is 1.46 bits per heavy atom. The topological polar surface area (TPSA) is 33.6 Å². The van der Waals surface area contributed by atoms with Crippen LogP contribution in [0.5, 0.6) is 0 Å². The van der Waals surface area contributed by atoms with Crippen LogP contribution in [0.25, 0.3) is 77.2 Å². The Bertz CT molecular complexity index is 2560. The van der Waals surface area contributed by atoms with Crippen molar-refractivity contribution in [2.45, 2.75) is 0 Å². The van der Waals surface area contributed by atoms with Crippen LogP contribution < -0.4 is 0 Å². The molecular weight excluding hydrogens is 558 g/mol. The van der Waals surface area contributed by atoms with Crippen molar-refractivity contribution < 1.29 is 0 Å². The summed E-state index contributed by atoms with van der Waals surface area (Å²) >= 11 is 0. The first-order chi connectivity index (χ1) is 22.8. The van der Waals surface area contributed by atoms with Crippen LogP contribution in [0.15, 0.2) is 164 Å². The van der Waals surface area contributed by atoms with Crippen LogP contribution in [0.1, 0.15) is 5.56 Å². The molecular formula is C43H27N3. The summed E-state index contributed by atoms with van der Waals surface area (Å²) in [5, 5.41) is 14.6. The van der Waals surface area contributed by atoms with Gasteiger partial charge in [-0.3, -0.25) is 0 Å². The van der Waals surface area contributed by atoms with Gasteiger partial charge in [-0.05, 0) is 82.9 Å². The number of nitrogens with zero attached hydrogens (tertiary/aromatic N) is 3. The lowest BCUT2D eigenvalue weighted by Gasteiger charge is -2.11. The van der Waals surface area contributed by atoms with Crippen LogP contribution in [0.4, 0.5) is 0 Å². The molecule has 0 fully saturated rings. The van der Waals surface area contributed by atoms with Gasteiger partial charge in [0.25, 0.3) is 0 Å². The Hall–Kier alpha value is -6.37. The van der Waals surface area contributed by atoms with E-state index in [1.54, 1.807) is 0 Å². The van der Waals surface area contributed by atoms with Gasteiger partial charge in [-0.2, -0.15) is 5.26 Å². The van der Waals surface area contributed by atoms with Gasteiger partial charge >= 0.3 is 0 Å². The first kappa shape index (κ1) is 26.1. The molecule has 0 aliphatic carbocycles. The third-order valence-electron chi connectivity index (χ3n) is 9.17. The predicted octanol–water partition coefficient (Wildman–Crippen LogP) is 11.1. The molecule has 0 atom stereocenters. The van der Waals surface area contributed by atoms with Crippen molar-refractivity contribution in [3.63, 3.8) is 0 Å². The molecule has 2 aromatic heterocycles. The van der Waals surface area contributed by atoms with E-state index in [0.29, 0.717) is 5.56 Å². The minimum atomic E-state index is 0.651. The van der Waals surface area contributed by atoms with Gasteiger partial charge in [0.15, 0.2) is 0 Å². The fraction of sp³-hybridized carbons (Fsp3) is 0. The molecule has 0 saturated carbocycles. The molecule has 9 rings (SSSR count). The first-order valence-corrected chi connectivity index (χ1v) is 15.5. The number of benzene rings is 7. The summed E-state index contributed by atoms with van der Waals surface area (Å²) in [6.45, 7) is 0. The first-order valence-electron chi connectivity index (χ1n) is 15.5. The van der Waals surface area contributed by atoms with Crippen molar-refractivity contribution in [1.29, 1.82) is 5.26 Å². The Kier molecular flexibility index (Phi) is 5.88. The number of hydrogen-bond donors (Lipinski definition) is 0. The zero-order chi connectivity index (χ0) is 30.6.